The van der Waals surface area contributed by atoms with Crippen LogP contribution >= 0.6 is 0 Å². The van der Waals surface area contributed by atoms with Gasteiger partial charge in [-0.1, -0.05) is 155 Å². The molecule has 0 fully saturated rings. The Kier molecular flexibility index (Phi) is 7.36. The average molecular weight is 746 g/mol. The molecule has 0 N–H and O–H groups in total. The van der Waals surface area contributed by atoms with E-state index in [4.69, 9.17) is 0 Å². The molecule has 57 heavy (non-hydrogen) atoms. The molecule has 3 heteroatoms. The van der Waals surface area contributed by atoms with Gasteiger partial charge in [-0.3, -0.25) is 0 Å². The summed E-state index contributed by atoms with van der Waals surface area (Å²) in [7, 11) is 0. The molecule has 0 radical (unpaired) electrons. The van der Waals surface area contributed by atoms with E-state index in [0.717, 1.165) is 19.3 Å². The largest absolute Gasteiger partial charge is 0.312 e. The highest BCUT2D eigenvalue weighted by molar-refractivity contribution is 7.04. The van der Waals surface area contributed by atoms with Crippen molar-refractivity contribution in [2.75, 3.05) is 4.90 Å². The molecule has 6 aliphatic rings. The molecule has 0 unspecified atom stereocenters. The van der Waals surface area contributed by atoms with Crippen molar-refractivity contribution < 1.29 is 0 Å². The van der Waals surface area contributed by atoms with Crippen molar-refractivity contribution in [3.63, 3.8) is 0 Å². The van der Waals surface area contributed by atoms with E-state index >= 15 is 0 Å². The lowest BCUT2D eigenvalue weighted by Gasteiger charge is -2.58. The van der Waals surface area contributed by atoms with Crippen molar-refractivity contribution in [3.05, 3.63) is 122 Å². The predicted molar refractivity (Wildman–Crippen MR) is 248 cm³/mol. The van der Waals surface area contributed by atoms with Gasteiger partial charge in [-0.25, -0.2) is 0 Å². The number of unbranched alkanes of at least 4 members (excludes halogenated alkanes) is 3. The smallest absolute Gasteiger partial charge is 0.248 e. The lowest BCUT2D eigenvalue weighted by Crippen LogP contribution is -2.75. The van der Waals surface area contributed by atoms with Crippen molar-refractivity contribution in [2.45, 2.75) is 156 Å². The van der Waals surface area contributed by atoms with Gasteiger partial charge in [0, 0.05) is 38.7 Å². The van der Waals surface area contributed by atoms with Crippen LogP contribution in [0.4, 0.5) is 17.1 Å². The van der Waals surface area contributed by atoms with Crippen molar-refractivity contribution in [2.24, 2.45) is 0 Å². The number of fused-ring (bicyclic) bond motifs is 2. The Morgan fingerprint density at radius 2 is 0.789 bits per heavy atom. The molecule has 1 nitrogen and oxygen atoms in total. The van der Waals surface area contributed by atoms with E-state index in [2.05, 4.69) is 142 Å². The third kappa shape index (κ3) is 4.11. The van der Waals surface area contributed by atoms with Crippen LogP contribution in [0.2, 0.25) is 0 Å². The lowest BCUT2D eigenvalue weighted by atomic mass is 9.21. The molecule has 0 spiro atoms. The second kappa shape index (κ2) is 11.6. The van der Waals surface area contributed by atoms with Crippen LogP contribution in [0, 0.1) is 0 Å². The van der Waals surface area contributed by atoms with Gasteiger partial charge in [0.15, 0.2) is 0 Å². The zero-order valence-electron chi connectivity index (χ0n) is 36.7. The molecule has 0 saturated carbocycles. The Morgan fingerprint density at radius 3 is 1.18 bits per heavy atom. The van der Waals surface area contributed by atoms with Gasteiger partial charge in [0.2, 0.25) is 13.4 Å². The van der Waals surface area contributed by atoms with Crippen molar-refractivity contribution in [1.82, 2.24) is 0 Å². The molecule has 11 rings (SSSR count). The van der Waals surface area contributed by atoms with Gasteiger partial charge in [0.1, 0.15) is 0 Å². The van der Waals surface area contributed by atoms with Crippen LogP contribution in [-0.2, 0) is 40.9 Å². The standard InChI is InChI=1S/C54H61B2N/c1-12-15-20-31-27-29-38-46-40(31)51(4,5)34-23-18-25-36-44(34)55(46)48-42(53(36,8)9)33(22-17-14-3)43-49-50(48)57(38)39-30-28-32(21-16-13-2)41-47(39)56(49)45-35(52(41,6)7)24-19-26-37(45)54(43,10)11/h18-19,23-30H,12-17,20-22H2,1-11H3. The summed E-state index contributed by atoms with van der Waals surface area (Å²) in [6.07, 6.45) is 10.7. The first-order valence-electron chi connectivity index (χ1n) is 22.9. The number of hydrogen-bond donors (Lipinski definition) is 0. The molecule has 6 aliphatic heterocycles. The summed E-state index contributed by atoms with van der Waals surface area (Å²) in [5.74, 6) is 0. The Balaban J connectivity index is 1.39. The van der Waals surface area contributed by atoms with Gasteiger partial charge in [-0.15, -0.1) is 0 Å². The van der Waals surface area contributed by atoms with Crippen LogP contribution in [0.3, 0.4) is 0 Å². The molecule has 0 saturated heterocycles. The summed E-state index contributed by atoms with van der Waals surface area (Å²) in [5.41, 5.74) is 31.4. The maximum absolute atomic E-state index is 2.88. The molecule has 5 aromatic carbocycles. The number of rotatable bonds is 9. The molecular weight excluding hydrogens is 684 g/mol. The number of nitrogens with zero attached hydrogens (tertiary/aromatic N) is 1. The first-order valence-corrected chi connectivity index (χ1v) is 22.9. The van der Waals surface area contributed by atoms with Crippen LogP contribution in [0.25, 0.3) is 0 Å². The number of anilines is 3. The number of hydrogen-bond acceptors (Lipinski definition) is 1. The second-order valence-corrected chi connectivity index (χ2v) is 21.0. The monoisotopic (exact) mass is 745 g/mol. The molecule has 0 bridgehead atoms. The highest BCUT2D eigenvalue weighted by atomic mass is 15.2. The van der Waals surface area contributed by atoms with Gasteiger partial charge in [-0.2, -0.15) is 0 Å². The van der Waals surface area contributed by atoms with Crippen molar-refractivity contribution >= 4 is 63.3 Å². The molecule has 0 atom stereocenters. The normalized spacial score (nSPS) is 18.8. The Bertz CT molecular complexity index is 2440. The number of aryl methyl sites for hydroxylation is 2. The van der Waals surface area contributed by atoms with Gasteiger partial charge in [0.25, 0.3) is 0 Å². The third-order valence-corrected chi connectivity index (χ3v) is 16.5. The first-order chi connectivity index (χ1) is 27.3. The SMILES string of the molecule is CCCCc1ccc2c3c1C(C)(C)c1cccc4c1B3c1c3c5c(c(CCCC)c1C4(C)C)C(C)(C)c1cccc4c1B5c1c(ccc(CCCC)c1C4(C)C)N23. The van der Waals surface area contributed by atoms with E-state index < -0.39 is 0 Å². The number of benzene rings is 5. The predicted octanol–water partition coefficient (Wildman–Crippen LogP) is 9.40. The third-order valence-electron chi connectivity index (χ3n) is 16.5. The maximum atomic E-state index is 2.88. The highest BCUT2D eigenvalue weighted by Crippen LogP contribution is 2.55. The van der Waals surface area contributed by atoms with E-state index in [1.165, 1.54) is 49.9 Å². The summed E-state index contributed by atoms with van der Waals surface area (Å²) in [5, 5.41) is 0. The van der Waals surface area contributed by atoms with E-state index in [-0.39, 0.29) is 35.1 Å². The zero-order chi connectivity index (χ0) is 39.7. The summed E-state index contributed by atoms with van der Waals surface area (Å²) >= 11 is 0. The summed E-state index contributed by atoms with van der Waals surface area (Å²) in [6.45, 7) is 28.2. The summed E-state index contributed by atoms with van der Waals surface area (Å²) in [6, 6.07) is 25.2. The molecule has 6 heterocycles. The Hall–Kier alpha value is -3.97. The Labute approximate surface area is 344 Å². The zero-order valence-corrected chi connectivity index (χ0v) is 36.7. The second-order valence-electron chi connectivity index (χ2n) is 21.0. The van der Waals surface area contributed by atoms with Gasteiger partial charge < -0.3 is 4.90 Å². The van der Waals surface area contributed by atoms with E-state index in [1.807, 2.05) is 0 Å². The highest BCUT2D eigenvalue weighted by Gasteiger charge is 2.60. The molecule has 0 aliphatic carbocycles. The van der Waals surface area contributed by atoms with Gasteiger partial charge >= 0.3 is 0 Å². The molecule has 0 amide bonds. The van der Waals surface area contributed by atoms with Crippen molar-refractivity contribution in [1.29, 1.82) is 0 Å². The molecule has 0 aromatic heterocycles. The van der Waals surface area contributed by atoms with E-state index in [0.29, 0.717) is 0 Å². The minimum Gasteiger partial charge on any atom is -0.312 e. The van der Waals surface area contributed by atoms with Crippen LogP contribution in [0.5, 0.6) is 0 Å². The lowest BCUT2D eigenvalue weighted by molar-refractivity contribution is 0.588. The van der Waals surface area contributed by atoms with Gasteiger partial charge in [-0.05, 0) is 134 Å². The van der Waals surface area contributed by atoms with Crippen molar-refractivity contribution in [3.8, 4) is 0 Å². The topological polar surface area (TPSA) is 3.24 Å². The quantitative estimate of drug-likeness (QED) is 0.133. The van der Waals surface area contributed by atoms with Crippen LogP contribution in [-0.4, -0.2) is 13.4 Å². The van der Waals surface area contributed by atoms with E-state index in [9.17, 15) is 0 Å². The maximum Gasteiger partial charge on any atom is 0.248 e. The van der Waals surface area contributed by atoms with Crippen LogP contribution < -0.4 is 37.7 Å². The average Bonchev–Trinajstić information content (AvgIpc) is 3.18. The first kappa shape index (κ1) is 36.1. The minimum atomic E-state index is -0.134. The fourth-order valence-electron chi connectivity index (χ4n) is 14.3. The van der Waals surface area contributed by atoms with Crippen LogP contribution in [0.1, 0.15) is 176 Å². The van der Waals surface area contributed by atoms with E-state index in [1.54, 1.807) is 99.7 Å². The summed E-state index contributed by atoms with van der Waals surface area (Å²) in [4.78, 5) is 2.88. The minimum absolute atomic E-state index is 0.0970. The Morgan fingerprint density at radius 1 is 0.421 bits per heavy atom. The molecule has 288 valence electrons. The van der Waals surface area contributed by atoms with Crippen LogP contribution in [0.15, 0.2) is 60.7 Å². The fourth-order valence-corrected chi connectivity index (χ4v) is 14.3. The summed E-state index contributed by atoms with van der Waals surface area (Å²) < 4.78 is 0. The molecular formula is C54H61B2N. The van der Waals surface area contributed by atoms with Gasteiger partial charge in [0.05, 0.1) is 0 Å². The molecule has 5 aromatic rings. The fraction of sp³-hybridized carbons (Fsp3) is 0.444.